The molecule has 0 aromatic carbocycles. The first-order valence-electron chi connectivity index (χ1n) is 8.70. The molecule has 2 aromatic rings. The molecule has 4 rings (SSSR count). The van der Waals surface area contributed by atoms with Gasteiger partial charge in [0.15, 0.2) is 11.8 Å². The van der Waals surface area contributed by atoms with Gasteiger partial charge in [-0.05, 0) is 31.6 Å². The van der Waals surface area contributed by atoms with Crippen LogP contribution in [0.3, 0.4) is 0 Å². The smallest absolute Gasteiger partial charge is 0.203 e. The Morgan fingerprint density at radius 1 is 1.38 bits per heavy atom. The maximum absolute atomic E-state index is 4.54. The summed E-state index contributed by atoms with van der Waals surface area (Å²) < 4.78 is 1.92. The molecule has 1 atom stereocenters. The standard InChI is InChI=1S/C16H24N8/c1-17-16(21-13-4-5-13)19-9-12-3-2-7-23(10-12)14-15-22-20-11-24(15)8-6-18-14/h6,8,11-13H,2-5,7,9-10H2,1H3,(H2,17,19,21). The van der Waals surface area contributed by atoms with E-state index in [1.807, 2.05) is 23.8 Å². The van der Waals surface area contributed by atoms with Crippen LogP contribution < -0.4 is 15.5 Å². The number of hydrogen-bond acceptors (Lipinski definition) is 5. The van der Waals surface area contributed by atoms with Crippen LogP contribution in [0.5, 0.6) is 0 Å². The summed E-state index contributed by atoms with van der Waals surface area (Å²) in [5, 5.41) is 15.1. The first-order valence-corrected chi connectivity index (χ1v) is 8.70. The Morgan fingerprint density at radius 3 is 3.12 bits per heavy atom. The van der Waals surface area contributed by atoms with Gasteiger partial charge in [-0.1, -0.05) is 0 Å². The molecule has 24 heavy (non-hydrogen) atoms. The number of aromatic nitrogens is 4. The van der Waals surface area contributed by atoms with Crippen LogP contribution in [0.4, 0.5) is 5.82 Å². The van der Waals surface area contributed by atoms with Gasteiger partial charge in [-0.15, -0.1) is 10.2 Å². The van der Waals surface area contributed by atoms with Crippen molar-refractivity contribution in [3.8, 4) is 0 Å². The third-order valence-corrected chi connectivity index (χ3v) is 4.72. The molecule has 1 unspecified atom stereocenters. The van der Waals surface area contributed by atoms with Crippen molar-refractivity contribution in [1.82, 2.24) is 30.2 Å². The maximum atomic E-state index is 4.54. The summed E-state index contributed by atoms with van der Waals surface area (Å²) in [6, 6.07) is 0.619. The highest BCUT2D eigenvalue weighted by Crippen LogP contribution is 2.24. The first-order chi connectivity index (χ1) is 11.8. The second-order valence-electron chi connectivity index (χ2n) is 6.64. The van der Waals surface area contributed by atoms with E-state index in [2.05, 4.69) is 35.7 Å². The van der Waals surface area contributed by atoms with Crippen molar-refractivity contribution in [2.75, 3.05) is 31.6 Å². The third-order valence-electron chi connectivity index (χ3n) is 4.72. The van der Waals surface area contributed by atoms with Gasteiger partial charge in [0, 0.05) is 45.1 Å². The highest BCUT2D eigenvalue weighted by atomic mass is 15.3. The predicted octanol–water partition coefficient (Wildman–Crippen LogP) is 0.668. The van der Waals surface area contributed by atoms with Crippen LogP contribution in [0.15, 0.2) is 23.7 Å². The minimum absolute atomic E-state index is 0.571. The van der Waals surface area contributed by atoms with Crippen LogP contribution in [0, 0.1) is 5.92 Å². The zero-order chi connectivity index (χ0) is 16.4. The van der Waals surface area contributed by atoms with Crippen molar-refractivity contribution in [2.45, 2.75) is 31.7 Å². The Balaban J connectivity index is 1.39. The van der Waals surface area contributed by atoms with Gasteiger partial charge in [0.1, 0.15) is 6.33 Å². The van der Waals surface area contributed by atoms with Gasteiger partial charge in [-0.3, -0.25) is 9.39 Å². The van der Waals surface area contributed by atoms with E-state index in [9.17, 15) is 0 Å². The van der Waals surface area contributed by atoms with E-state index >= 15 is 0 Å². The zero-order valence-electron chi connectivity index (χ0n) is 14.0. The Morgan fingerprint density at radius 2 is 2.29 bits per heavy atom. The lowest BCUT2D eigenvalue weighted by molar-refractivity contribution is 0.408. The molecular weight excluding hydrogens is 304 g/mol. The fraction of sp³-hybridized carbons (Fsp3) is 0.625. The van der Waals surface area contributed by atoms with Crippen LogP contribution in [0.2, 0.25) is 0 Å². The number of aliphatic imine (C=N–C) groups is 1. The van der Waals surface area contributed by atoms with Crippen molar-refractivity contribution in [1.29, 1.82) is 0 Å². The molecular formula is C16H24N8. The van der Waals surface area contributed by atoms with Crippen LogP contribution in [0.25, 0.3) is 5.65 Å². The molecule has 2 fully saturated rings. The van der Waals surface area contributed by atoms with Crippen LogP contribution in [-0.4, -0.2) is 58.3 Å². The Hall–Kier alpha value is -2.38. The second kappa shape index (κ2) is 6.62. The van der Waals surface area contributed by atoms with E-state index in [0.29, 0.717) is 12.0 Å². The SMILES string of the molecule is CN=C(NCC1CCCN(c2nccn3cnnc23)C1)NC1CC1. The second-order valence-corrected chi connectivity index (χ2v) is 6.64. The minimum Gasteiger partial charge on any atom is -0.356 e. The molecule has 0 amide bonds. The van der Waals surface area contributed by atoms with Crippen molar-refractivity contribution in [3.63, 3.8) is 0 Å². The third kappa shape index (κ3) is 3.27. The van der Waals surface area contributed by atoms with Crippen LogP contribution in [-0.2, 0) is 0 Å². The number of fused-ring (bicyclic) bond motifs is 1. The quantitative estimate of drug-likeness (QED) is 0.634. The molecule has 0 radical (unpaired) electrons. The van der Waals surface area contributed by atoms with Gasteiger partial charge in [0.05, 0.1) is 0 Å². The van der Waals surface area contributed by atoms with Gasteiger partial charge in [-0.25, -0.2) is 4.98 Å². The molecule has 1 aliphatic heterocycles. The number of nitrogens with one attached hydrogen (secondary N) is 2. The van der Waals surface area contributed by atoms with Crippen molar-refractivity contribution in [3.05, 3.63) is 18.7 Å². The summed E-state index contributed by atoms with van der Waals surface area (Å²) in [6.07, 6.45) is 10.3. The van der Waals surface area contributed by atoms with Gasteiger partial charge in [-0.2, -0.15) is 0 Å². The predicted molar refractivity (Wildman–Crippen MR) is 93.2 cm³/mol. The topological polar surface area (TPSA) is 82.7 Å². The van der Waals surface area contributed by atoms with Crippen molar-refractivity contribution >= 4 is 17.4 Å². The van der Waals surface area contributed by atoms with E-state index in [-0.39, 0.29) is 0 Å². The molecule has 8 nitrogen and oxygen atoms in total. The average Bonchev–Trinajstić information content (AvgIpc) is 3.31. The maximum Gasteiger partial charge on any atom is 0.203 e. The lowest BCUT2D eigenvalue weighted by Crippen LogP contribution is -2.45. The highest BCUT2D eigenvalue weighted by molar-refractivity contribution is 5.80. The number of guanidine groups is 1. The largest absolute Gasteiger partial charge is 0.356 e. The minimum atomic E-state index is 0.571. The molecule has 0 bridgehead atoms. The molecule has 2 aromatic heterocycles. The van der Waals surface area contributed by atoms with E-state index < -0.39 is 0 Å². The number of hydrogen-bond donors (Lipinski definition) is 2. The molecule has 2 N–H and O–H groups in total. The average molecular weight is 328 g/mol. The van der Waals surface area contributed by atoms with Crippen molar-refractivity contribution < 1.29 is 0 Å². The molecule has 3 heterocycles. The molecule has 8 heteroatoms. The lowest BCUT2D eigenvalue weighted by Gasteiger charge is -2.33. The van der Waals surface area contributed by atoms with E-state index in [1.165, 1.54) is 19.3 Å². The zero-order valence-corrected chi connectivity index (χ0v) is 14.0. The molecule has 1 saturated heterocycles. The fourth-order valence-corrected chi connectivity index (χ4v) is 3.25. The summed E-state index contributed by atoms with van der Waals surface area (Å²) in [7, 11) is 1.83. The summed E-state index contributed by atoms with van der Waals surface area (Å²) >= 11 is 0. The van der Waals surface area contributed by atoms with Crippen LogP contribution >= 0.6 is 0 Å². The summed E-state index contributed by atoms with van der Waals surface area (Å²) in [5.41, 5.74) is 0.831. The summed E-state index contributed by atoms with van der Waals surface area (Å²) in [4.78, 5) is 11.2. The number of anilines is 1. The molecule has 128 valence electrons. The van der Waals surface area contributed by atoms with E-state index in [0.717, 1.165) is 43.5 Å². The van der Waals surface area contributed by atoms with Gasteiger partial charge in [0.2, 0.25) is 5.65 Å². The highest BCUT2D eigenvalue weighted by Gasteiger charge is 2.25. The normalized spacial score (nSPS) is 22.0. The molecule has 1 saturated carbocycles. The van der Waals surface area contributed by atoms with Gasteiger partial charge in [0.25, 0.3) is 0 Å². The lowest BCUT2D eigenvalue weighted by atomic mass is 9.98. The number of piperidine rings is 1. The Bertz CT molecular complexity index is 720. The van der Waals surface area contributed by atoms with E-state index in [1.54, 1.807) is 6.33 Å². The summed E-state index contributed by atoms with van der Waals surface area (Å²) in [6.45, 7) is 2.93. The van der Waals surface area contributed by atoms with Gasteiger partial charge < -0.3 is 15.5 Å². The van der Waals surface area contributed by atoms with Crippen molar-refractivity contribution in [2.24, 2.45) is 10.9 Å². The van der Waals surface area contributed by atoms with Gasteiger partial charge >= 0.3 is 0 Å². The molecule has 0 spiro atoms. The Labute approximate surface area is 141 Å². The van der Waals surface area contributed by atoms with E-state index in [4.69, 9.17) is 0 Å². The first kappa shape index (κ1) is 15.2. The fourth-order valence-electron chi connectivity index (χ4n) is 3.25. The summed E-state index contributed by atoms with van der Waals surface area (Å²) in [5.74, 6) is 2.42. The Kier molecular flexibility index (Phi) is 4.18. The molecule has 1 aliphatic carbocycles. The number of rotatable bonds is 4. The van der Waals surface area contributed by atoms with Crippen LogP contribution in [0.1, 0.15) is 25.7 Å². The monoisotopic (exact) mass is 328 g/mol. The molecule has 2 aliphatic rings. The number of nitrogens with zero attached hydrogens (tertiary/aromatic N) is 6.